The summed E-state index contributed by atoms with van der Waals surface area (Å²) in [5.74, 6) is 1.47. The number of para-hydroxylation sites is 3. The van der Waals surface area contributed by atoms with E-state index in [1.54, 1.807) is 4.68 Å². The molecular weight excluding hydrogens is 414 g/mol. The van der Waals surface area contributed by atoms with Gasteiger partial charge in [-0.3, -0.25) is 13.8 Å². The number of nitrogens with zero attached hydrogens (tertiary/aromatic N) is 7. The number of hydrogen-bond acceptors (Lipinski definition) is 5. The monoisotopic (exact) mass is 439 g/mol. The molecule has 1 saturated carbocycles. The number of rotatable bonds is 6. The molecule has 8 heteroatoms. The molecular formula is C25H25N7O. The van der Waals surface area contributed by atoms with E-state index in [-0.39, 0.29) is 5.69 Å². The first-order valence-corrected chi connectivity index (χ1v) is 11.2. The van der Waals surface area contributed by atoms with Crippen LogP contribution in [0.25, 0.3) is 21.9 Å². The molecule has 1 aliphatic carbocycles. The van der Waals surface area contributed by atoms with Crippen LogP contribution in [-0.4, -0.2) is 35.9 Å². The summed E-state index contributed by atoms with van der Waals surface area (Å²) in [4.78, 5) is 25.2. The highest BCUT2D eigenvalue weighted by Gasteiger charge is 2.29. The minimum atomic E-state index is 0.0146. The first-order chi connectivity index (χ1) is 16.1. The number of benzene rings is 2. The molecule has 0 bridgehead atoms. The van der Waals surface area contributed by atoms with E-state index in [9.17, 15) is 4.79 Å². The van der Waals surface area contributed by atoms with Crippen LogP contribution in [0.3, 0.4) is 0 Å². The van der Waals surface area contributed by atoms with Crippen LogP contribution in [0, 0.1) is 0 Å². The summed E-state index contributed by atoms with van der Waals surface area (Å²) in [6, 6.07) is 16.3. The van der Waals surface area contributed by atoms with Crippen LogP contribution in [0.4, 0.5) is 5.82 Å². The molecule has 3 heterocycles. The van der Waals surface area contributed by atoms with E-state index in [1.807, 2.05) is 84.2 Å². The van der Waals surface area contributed by atoms with Gasteiger partial charge < -0.3 is 4.90 Å². The van der Waals surface area contributed by atoms with Crippen LogP contribution in [0.15, 0.2) is 65.7 Å². The van der Waals surface area contributed by atoms with E-state index in [2.05, 4.69) is 10.00 Å². The number of anilines is 1. The number of hydrogen-bond donors (Lipinski definition) is 0. The zero-order valence-corrected chi connectivity index (χ0v) is 18.7. The lowest BCUT2D eigenvalue weighted by atomic mass is 10.2. The van der Waals surface area contributed by atoms with Gasteiger partial charge in [-0.2, -0.15) is 5.10 Å². The van der Waals surface area contributed by atoms with Gasteiger partial charge in [-0.05, 0) is 37.1 Å². The Morgan fingerprint density at radius 1 is 1.03 bits per heavy atom. The smallest absolute Gasteiger partial charge is 0.329 e. The second-order valence-electron chi connectivity index (χ2n) is 8.82. The standard InChI is InChI=1S/C25H25N7O/c1-29(14-17-13-26-30(2)15-17)24-19-7-3-4-8-20(19)27-23(28-24)16-31-21-9-5-6-10-22(21)32(25(31)33)18-11-12-18/h3-10,13,15,18H,11-12,14,16H2,1-2H3. The van der Waals surface area contributed by atoms with Crippen LogP contribution in [-0.2, 0) is 20.1 Å². The van der Waals surface area contributed by atoms with Crippen molar-refractivity contribution in [2.24, 2.45) is 7.05 Å². The van der Waals surface area contributed by atoms with Crippen molar-refractivity contribution in [1.29, 1.82) is 0 Å². The van der Waals surface area contributed by atoms with Gasteiger partial charge in [0.1, 0.15) is 5.82 Å². The maximum atomic E-state index is 13.4. The molecule has 0 aliphatic heterocycles. The summed E-state index contributed by atoms with van der Waals surface area (Å²) in [5.41, 5.74) is 3.90. The Kier molecular flexibility index (Phi) is 4.53. The second-order valence-corrected chi connectivity index (χ2v) is 8.82. The van der Waals surface area contributed by atoms with E-state index >= 15 is 0 Å². The average molecular weight is 440 g/mol. The van der Waals surface area contributed by atoms with E-state index in [0.29, 0.717) is 25.0 Å². The minimum Gasteiger partial charge on any atom is -0.355 e. The molecule has 1 fully saturated rings. The maximum absolute atomic E-state index is 13.4. The molecule has 0 radical (unpaired) electrons. The summed E-state index contributed by atoms with van der Waals surface area (Å²) in [5, 5.41) is 5.26. The molecule has 33 heavy (non-hydrogen) atoms. The highest BCUT2D eigenvalue weighted by molar-refractivity contribution is 5.89. The lowest BCUT2D eigenvalue weighted by molar-refractivity contribution is 0.658. The van der Waals surface area contributed by atoms with Gasteiger partial charge in [0.25, 0.3) is 0 Å². The van der Waals surface area contributed by atoms with Crippen molar-refractivity contribution in [1.82, 2.24) is 28.9 Å². The van der Waals surface area contributed by atoms with E-state index in [0.717, 1.165) is 46.2 Å². The summed E-state index contributed by atoms with van der Waals surface area (Å²) in [6.07, 6.45) is 5.99. The van der Waals surface area contributed by atoms with Gasteiger partial charge in [-0.15, -0.1) is 0 Å². The normalized spacial score (nSPS) is 13.8. The van der Waals surface area contributed by atoms with Gasteiger partial charge >= 0.3 is 5.69 Å². The molecule has 3 aromatic heterocycles. The van der Waals surface area contributed by atoms with E-state index < -0.39 is 0 Å². The zero-order valence-electron chi connectivity index (χ0n) is 18.7. The van der Waals surface area contributed by atoms with Crippen LogP contribution >= 0.6 is 0 Å². The summed E-state index contributed by atoms with van der Waals surface area (Å²) in [7, 11) is 3.94. The average Bonchev–Trinajstić information content (AvgIpc) is 3.51. The van der Waals surface area contributed by atoms with Gasteiger partial charge in [-0.1, -0.05) is 24.3 Å². The third-order valence-electron chi connectivity index (χ3n) is 6.25. The van der Waals surface area contributed by atoms with Crippen molar-refractivity contribution in [2.75, 3.05) is 11.9 Å². The van der Waals surface area contributed by atoms with Crippen molar-refractivity contribution in [3.63, 3.8) is 0 Å². The first kappa shape index (κ1) is 19.7. The minimum absolute atomic E-state index is 0.0146. The molecule has 1 aliphatic rings. The molecule has 0 amide bonds. The SMILES string of the molecule is CN(Cc1cnn(C)c1)c1nc(Cn2c(=O)n(C3CC3)c3ccccc32)nc2ccccc12. The van der Waals surface area contributed by atoms with Gasteiger partial charge in [0, 0.05) is 43.8 Å². The van der Waals surface area contributed by atoms with Crippen molar-refractivity contribution < 1.29 is 0 Å². The fourth-order valence-corrected chi connectivity index (χ4v) is 4.58. The van der Waals surface area contributed by atoms with Crippen LogP contribution in [0.2, 0.25) is 0 Å². The quantitative estimate of drug-likeness (QED) is 0.405. The third-order valence-corrected chi connectivity index (χ3v) is 6.25. The highest BCUT2D eigenvalue weighted by Crippen LogP contribution is 2.36. The zero-order chi connectivity index (χ0) is 22.5. The van der Waals surface area contributed by atoms with Gasteiger partial charge in [0.2, 0.25) is 0 Å². The van der Waals surface area contributed by atoms with Crippen LogP contribution in [0.1, 0.15) is 30.3 Å². The number of fused-ring (bicyclic) bond motifs is 2. The van der Waals surface area contributed by atoms with E-state index in [1.165, 1.54) is 0 Å². The lowest BCUT2D eigenvalue weighted by Crippen LogP contribution is -2.25. The largest absolute Gasteiger partial charge is 0.355 e. The van der Waals surface area contributed by atoms with Crippen molar-refractivity contribution in [2.45, 2.75) is 32.0 Å². The third kappa shape index (κ3) is 3.47. The van der Waals surface area contributed by atoms with Gasteiger partial charge in [0.05, 0.1) is 29.3 Å². The Morgan fingerprint density at radius 3 is 2.55 bits per heavy atom. The molecule has 5 aromatic rings. The molecule has 0 saturated heterocycles. The van der Waals surface area contributed by atoms with E-state index in [4.69, 9.17) is 9.97 Å². The van der Waals surface area contributed by atoms with Crippen LogP contribution < -0.4 is 10.6 Å². The number of aromatic nitrogens is 6. The Balaban J connectivity index is 1.44. The van der Waals surface area contributed by atoms with Gasteiger partial charge in [0.15, 0.2) is 5.82 Å². The summed E-state index contributed by atoms with van der Waals surface area (Å²) < 4.78 is 5.54. The van der Waals surface area contributed by atoms with Crippen molar-refractivity contribution >= 4 is 27.8 Å². The summed E-state index contributed by atoms with van der Waals surface area (Å²) in [6.45, 7) is 1.01. The molecule has 0 spiro atoms. The maximum Gasteiger partial charge on any atom is 0.329 e. The lowest BCUT2D eigenvalue weighted by Gasteiger charge is -2.20. The molecule has 2 aromatic carbocycles. The number of imidazole rings is 1. The van der Waals surface area contributed by atoms with Gasteiger partial charge in [-0.25, -0.2) is 14.8 Å². The molecule has 0 N–H and O–H groups in total. The van der Waals surface area contributed by atoms with Crippen molar-refractivity contribution in [3.8, 4) is 0 Å². The second kappa shape index (κ2) is 7.58. The Bertz CT molecular complexity index is 1540. The highest BCUT2D eigenvalue weighted by atomic mass is 16.1. The molecule has 0 atom stereocenters. The molecule has 0 unspecified atom stereocenters. The molecule has 166 valence electrons. The Morgan fingerprint density at radius 2 is 1.79 bits per heavy atom. The Hall–Kier alpha value is -3.94. The fourth-order valence-electron chi connectivity index (χ4n) is 4.58. The first-order valence-electron chi connectivity index (χ1n) is 11.2. The fraction of sp³-hybridized carbons (Fsp3) is 0.280. The number of aryl methyl sites for hydroxylation is 1. The molecule has 8 nitrogen and oxygen atoms in total. The molecule has 6 rings (SSSR count). The Labute approximate surface area is 190 Å². The summed E-state index contributed by atoms with van der Waals surface area (Å²) >= 11 is 0. The van der Waals surface area contributed by atoms with Crippen molar-refractivity contribution in [3.05, 3.63) is 82.8 Å². The topological polar surface area (TPSA) is 73.8 Å². The van der Waals surface area contributed by atoms with Crippen LogP contribution in [0.5, 0.6) is 0 Å². The predicted molar refractivity (Wildman–Crippen MR) is 128 cm³/mol. The predicted octanol–water partition coefficient (Wildman–Crippen LogP) is 3.50.